The zero-order valence-electron chi connectivity index (χ0n) is 21.0. The molecule has 1 saturated heterocycles. The Bertz CT molecular complexity index is 1290. The molecule has 16 heteroatoms. The van der Waals surface area contributed by atoms with Crippen LogP contribution in [0.25, 0.3) is 0 Å². The Morgan fingerprint density at radius 1 is 0.718 bits per heavy atom. The molecule has 0 amide bonds. The van der Waals surface area contributed by atoms with Crippen molar-refractivity contribution < 1.29 is 31.1 Å². The van der Waals surface area contributed by atoms with Crippen LogP contribution in [0, 0.1) is 20.2 Å². The lowest BCUT2D eigenvalue weighted by molar-refractivity contribution is -0.388. The minimum Gasteiger partial charge on any atom is -0.314 e. The first-order valence-electron chi connectivity index (χ1n) is 12.3. The average molecular weight is 588 g/mol. The SMILES string of the molecule is O=[N+]([O-])c1ccccc1S(=O)(=O)N1CCCC(F)CCCN(S(=O)(=O)c2ccccc2[N+](=O)[O-])CCNCC1. The number of rotatable bonds is 6. The Labute approximate surface area is 226 Å². The van der Waals surface area contributed by atoms with Crippen LogP contribution < -0.4 is 5.32 Å². The average Bonchev–Trinajstić information content (AvgIpc) is 2.90. The molecule has 1 fully saturated rings. The second-order valence-electron chi connectivity index (χ2n) is 8.89. The van der Waals surface area contributed by atoms with Crippen LogP contribution >= 0.6 is 0 Å². The van der Waals surface area contributed by atoms with Crippen molar-refractivity contribution in [1.82, 2.24) is 13.9 Å². The topological polar surface area (TPSA) is 173 Å². The van der Waals surface area contributed by atoms with Gasteiger partial charge in [0.15, 0.2) is 9.79 Å². The molecule has 0 saturated carbocycles. The van der Waals surface area contributed by atoms with Gasteiger partial charge >= 0.3 is 0 Å². The van der Waals surface area contributed by atoms with E-state index in [-0.39, 0.29) is 65.0 Å². The van der Waals surface area contributed by atoms with Crippen LogP contribution in [-0.2, 0) is 20.0 Å². The van der Waals surface area contributed by atoms with Crippen LogP contribution in [-0.4, -0.2) is 80.7 Å². The third-order valence-electron chi connectivity index (χ3n) is 6.29. The van der Waals surface area contributed by atoms with Crippen LogP contribution in [0.3, 0.4) is 0 Å². The summed E-state index contributed by atoms with van der Waals surface area (Å²) >= 11 is 0. The van der Waals surface area contributed by atoms with Gasteiger partial charge in [0.2, 0.25) is 20.0 Å². The lowest BCUT2D eigenvalue weighted by Gasteiger charge is -2.25. The number of benzene rings is 2. The Morgan fingerprint density at radius 2 is 1.10 bits per heavy atom. The van der Waals surface area contributed by atoms with E-state index in [2.05, 4.69) is 5.32 Å². The summed E-state index contributed by atoms with van der Waals surface area (Å²) < 4.78 is 70.1. The molecule has 214 valence electrons. The third kappa shape index (κ3) is 7.54. The fourth-order valence-electron chi connectivity index (χ4n) is 4.29. The monoisotopic (exact) mass is 587 g/mol. The molecule has 2 aromatic carbocycles. The van der Waals surface area contributed by atoms with E-state index in [1.54, 1.807) is 0 Å². The fourth-order valence-corrected chi connectivity index (χ4v) is 7.56. The van der Waals surface area contributed by atoms with Crippen LogP contribution in [0.1, 0.15) is 25.7 Å². The number of para-hydroxylation sites is 2. The van der Waals surface area contributed by atoms with Gasteiger partial charge in [-0.2, -0.15) is 8.61 Å². The smallest absolute Gasteiger partial charge is 0.289 e. The highest BCUT2D eigenvalue weighted by Crippen LogP contribution is 2.28. The molecule has 1 aliphatic heterocycles. The molecule has 0 radical (unpaired) electrons. The summed E-state index contributed by atoms with van der Waals surface area (Å²) in [5.41, 5.74) is -1.13. The highest BCUT2D eigenvalue weighted by atomic mass is 32.2. The molecule has 13 nitrogen and oxygen atoms in total. The molecule has 0 aromatic heterocycles. The summed E-state index contributed by atoms with van der Waals surface area (Å²) in [5.74, 6) is 0. The Kier molecular flexibility index (Phi) is 10.4. The van der Waals surface area contributed by atoms with Gasteiger partial charge in [-0.25, -0.2) is 21.2 Å². The van der Waals surface area contributed by atoms with Gasteiger partial charge < -0.3 is 5.32 Å². The number of alkyl halides is 1. The van der Waals surface area contributed by atoms with Crippen molar-refractivity contribution in [2.24, 2.45) is 0 Å². The minimum atomic E-state index is -4.28. The number of sulfonamides is 2. The standard InChI is InChI=1S/C23H30FN5O8S2/c24-19-7-5-15-26(38(34,35)22-11-3-1-9-20(22)28(30)31)17-13-25-14-18-27(16-6-8-19)39(36,37)23-12-4-2-10-21(23)29(32)33/h1-4,9-12,19,25H,5-8,13-18H2. The van der Waals surface area contributed by atoms with Gasteiger partial charge in [0.1, 0.15) is 6.17 Å². The summed E-state index contributed by atoms with van der Waals surface area (Å²) in [7, 11) is -8.57. The van der Waals surface area contributed by atoms with Gasteiger partial charge in [-0.05, 0) is 37.8 Å². The van der Waals surface area contributed by atoms with Crippen LogP contribution in [0.4, 0.5) is 15.8 Å². The second kappa shape index (κ2) is 13.3. The van der Waals surface area contributed by atoms with Crippen LogP contribution in [0.2, 0.25) is 0 Å². The Hall–Kier alpha value is -3.05. The van der Waals surface area contributed by atoms with Crippen molar-refractivity contribution in [3.63, 3.8) is 0 Å². The number of nitro benzene ring substituents is 2. The van der Waals surface area contributed by atoms with E-state index in [0.29, 0.717) is 0 Å². The lowest BCUT2D eigenvalue weighted by Crippen LogP contribution is -2.41. The predicted octanol–water partition coefficient (Wildman–Crippen LogP) is 2.69. The van der Waals surface area contributed by atoms with Gasteiger partial charge in [0, 0.05) is 51.4 Å². The number of hydrogen-bond acceptors (Lipinski definition) is 9. The molecule has 0 aliphatic carbocycles. The van der Waals surface area contributed by atoms with Crippen molar-refractivity contribution in [3.05, 3.63) is 68.8 Å². The van der Waals surface area contributed by atoms with Gasteiger partial charge in [-0.1, -0.05) is 24.3 Å². The number of nitrogens with zero attached hydrogens (tertiary/aromatic N) is 4. The largest absolute Gasteiger partial charge is 0.314 e. The predicted molar refractivity (Wildman–Crippen MR) is 140 cm³/mol. The minimum absolute atomic E-state index is 0.00718. The molecular formula is C23H30FN5O8S2. The van der Waals surface area contributed by atoms with E-state index in [1.807, 2.05) is 0 Å². The van der Waals surface area contributed by atoms with Gasteiger partial charge in [-0.3, -0.25) is 20.2 Å². The molecule has 1 aliphatic rings. The zero-order valence-corrected chi connectivity index (χ0v) is 22.6. The first-order valence-corrected chi connectivity index (χ1v) is 15.2. The summed E-state index contributed by atoms with van der Waals surface area (Å²) in [6.07, 6.45) is -1.02. The maximum Gasteiger partial charge on any atom is 0.289 e. The summed E-state index contributed by atoms with van der Waals surface area (Å²) in [4.78, 5) is 20.3. The van der Waals surface area contributed by atoms with E-state index < -0.39 is 57.2 Å². The highest BCUT2D eigenvalue weighted by molar-refractivity contribution is 7.89. The molecule has 3 rings (SSSR count). The maximum atomic E-state index is 14.7. The van der Waals surface area contributed by atoms with Crippen molar-refractivity contribution in [1.29, 1.82) is 0 Å². The molecule has 0 atom stereocenters. The van der Waals surface area contributed by atoms with E-state index in [9.17, 15) is 41.5 Å². The first kappa shape index (κ1) is 30.5. The third-order valence-corrected chi connectivity index (χ3v) is 10.2. The molecule has 0 unspecified atom stereocenters. The molecule has 39 heavy (non-hydrogen) atoms. The Balaban J connectivity index is 1.81. The van der Waals surface area contributed by atoms with Gasteiger partial charge in [-0.15, -0.1) is 0 Å². The van der Waals surface area contributed by atoms with Crippen molar-refractivity contribution in [2.75, 3.05) is 39.3 Å². The number of nitro groups is 2. The van der Waals surface area contributed by atoms with Gasteiger partial charge in [0.25, 0.3) is 11.4 Å². The summed E-state index contributed by atoms with van der Waals surface area (Å²) in [6.45, 7) is -0.121. The highest BCUT2D eigenvalue weighted by Gasteiger charge is 2.33. The molecule has 0 bridgehead atoms. The molecule has 0 spiro atoms. The summed E-state index contributed by atoms with van der Waals surface area (Å²) in [6, 6.07) is 9.97. The molecule has 2 aromatic rings. The maximum absolute atomic E-state index is 14.7. The molecular weight excluding hydrogens is 557 g/mol. The quantitative estimate of drug-likeness (QED) is 0.394. The van der Waals surface area contributed by atoms with Gasteiger partial charge in [0.05, 0.1) is 9.85 Å². The van der Waals surface area contributed by atoms with E-state index >= 15 is 0 Å². The first-order chi connectivity index (χ1) is 18.5. The van der Waals surface area contributed by atoms with Crippen LogP contribution in [0.5, 0.6) is 0 Å². The molecule has 1 heterocycles. The number of halogens is 1. The van der Waals surface area contributed by atoms with E-state index in [0.717, 1.165) is 32.9 Å². The van der Waals surface area contributed by atoms with Crippen molar-refractivity contribution in [3.8, 4) is 0 Å². The van der Waals surface area contributed by atoms with E-state index in [1.165, 1.54) is 24.3 Å². The van der Waals surface area contributed by atoms with E-state index in [4.69, 9.17) is 0 Å². The van der Waals surface area contributed by atoms with Crippen molar-refractivity contribution in [2.45, 2.75) is 41.6 Å². The second-order valence-corrected chi connectivity index (χ2v) is 12.7. The normalized spacial score (nSPS) is 18.3. The fraction of sp³-hybridized carbons (Fsp3) is 0.478. The van der Waals surface area contributed by atoms with Crippen LogP contribution in [0.15, 0.2) is 58.3 Å². The number of nitrogens with one attached hydrogen (secondary N) is 1. The number of hydrogen-bond donors (Lipinski definition) is 1. The summed E-state index contributed by atoms with van der Waals surface area (Å²) in [5, 5.41) is 25.8. The molecule has 1 N–H and O–H groups in total. The zero-order chi connectivity index (χ0) is 28.6. The Morgan fingerprint density at radius 3 is 1.49 bits per heavy atom. The van der Waals surface area contributed by atoms with Crippen molar-refractivity contribution >= 4 is 31.4 Å². The lowest BCUT2D eigenvalue weighted by atomic mass is 10.1.